The topological polar surface area (TPSA) is 95.0 Å². The van der Waals surface area contributed by atoms with Crippen molar-refractivity contribution < 1.29 is 4.74 Å². The lowest BCUT2D eigenvalue weighted by Gasteiger charge is -2.05. The Bertz CT molecular complexity index is 2040. The molecule has 3 aromatic heterocycles. The van der Waals surface area contributed by atoms with Crippen LogP contribution in [-0.2, 0) is 6.61 Å². The molecule has 0 saturated heterocycles. The molecule has 0 amide bonds. The minimum absolute atomic E-state index is 0.304. The Labute approximate surface area is 271 Å². The van der Waals surface area contributed by atoms with E-state index in [-0.39, 0.29) is 0 Å². The van der Waals surface area contributed by atoms with Crippen molar-refractivity contribution in [2.24, 2.45) is 5.10 Å². The van der Waals surface area contributed by atoms with E-state index in [1.807, 2.05) is 132 Å². The largest absolute Gasteiger partial charge is 0.487 e. The van der Waals surface area contributed by atoms with Crippen molar-refractivity contribution in [1.82, 2.24) is 29.8 Å². The van der Waals surface area contributed by atoms with Crippen LogP contribution in [0.4, 0.5) is 5.13 Å². The number of nitrogens with zero attached hydrogens (tertiary/aromatic N) is 7. The van der Waals surface area contributed by atoms with Crippen molar-refractivity contribution in [1.29, 1.82) is 0 Å². The highest BCUT2D eigenvalue weighted by Gasteiger charge is 2.12. The van der Waals surface area contributed by atoms with Crippen LogP contribution in [0.15, 0.2) is 137 Å². The van der Waals surface area contributed by atoms with Gasteiger partial charge in [-0.25, -0.2) is 14.3 Å². The number of rotatable bonds is 10. The number of hydrazone groups is 1. The van der Waals surface area contributed by atoms with E-state index in [0.29, 0.717) is 11.7 Å². The van der Waals surface area contributed by atoms with Crippen molar-refractivity contribution >= 4 is 38.6 Å². The highest BCUT2D eigenvalue weighted by Crippen LogP contribution is 2.28. The number of ether oxygens (including phenoxy) is 1. The molecule has 0 saturated carbocycles. The fraction of sp³-hybridized carbons (Fsp3) is 0.0294. The number of thiazole rings is 1. The monoisotopic (exact) mass is 672 g/mol. The van der Waals surface area contributed by atoms with Gasteiger partial charge in [0.1, 0.15) is 23.7 Å². The normalized spacial score (nSPS) is 11.2. The molecule has 0 spiro atoms. The van der Waals surface area contributed by atoms with E-state index < -0.39 is 0 Å². The zero-order valence-corrected chi connectivity index (χ0v) is 26.1. The summed E-state index contributed by atoms with van der Waals surface area (Å²) in [5, 5.41) is 20.6. The van der Waals surface area contributed by atoms with Gasteiger partial charge >= 0.3 is 0 Å². The second kappa shape index (κ2) is 13.1. The van der Waals surface area contributed by atoms with Gasteiger partial charge in [0.25, 0.3) is 0 Å². The fourth-order valence-corrected chi connectivity index (χ4v) is 5.53. The Morgan fingerprint density at radius 1 is 0.800 bits per heavy atom. The molecule has 7 rings (SSSR count). The quantitative estimate of drug-likeness (QED) is 0.117. The maximum atomic E-state index is 6.00. The van der Waals surface area contributed by atoms with E-state index in [1.54, 1.807) is 10.9 Å². The van der Waals surface area contributed by atoms with Crippen LogP contribution < -0.4 is 10.2 Å². The van der Waals surface area contributed by atoms with E-state index >= 15 is 0 Å². The lowest BCUT2D eigenvalue weighted by molar-refractivity contribution is 0.301. The molecule has 9 nitrogen and oxygen atoms in total. The maximum Gasteiger partial charge on any atom is 0.203 e. The van der Waals surface area contributed by atoms with Crippen LogP contribution in [-0.4, -0.2) is 36.0 Å². The van der Waals surface area contributed by atoms with Crippen LogP contribution in [0.5, 0.6) is 5.75 Å². The molecule has 0 aliphatic heterocycles. The van der Waals surface area contributed by atoms with E-state index in [9.17, 15) is 0 Å². The first-order chi connectivity index (χ1) is 22.2. The first-order valence-corrected chi connectivity index (χ1v) is 15.7. The summed E-state index contributed by atoms with van der Waals surface area (Å²) in [7, 11) is 0. The van der Waals surface area contributed by atoms with Crippen LogP contribution in [0.2, 0.25) is 0 Å². The third-order valence-electron chi connectivity index (χ3n) is 6.85. The van der Waals surface area contributed by atoms with Gasteiger partial charge in [-0.05, 0) is 60.7 Å². The van der Waals surface area contributed by atoms with E-state index in [2.05, 4.69) is 41.8 Å². The summed E-state index contributed by atoms with van der Waals surface area (Å²) in [5.74, 6) is 0.720. The first kappa shape index (κ1) is 28.4. The number of aromatic nitrogens is 6. The predicted molar refractivity (Wildman–Crippen MR) is 181 cm³/mol. The lowest BCUT2D eigenvalue weighted by Crippen LogP contribution is -1.96. The smallest absolute Gasteiger partial charge is 0.203 e. The summed E-state index contributed by atoms with van der Waals surface area (Å²) in [6, 6.07) is 35.7. The molecular formula is C34H25BrN8OS. The highest BCUT2D eigenvalue weighted by molar-refractivity contribution is 9.10. The molecule has 4 aromatic carbocycles. The molecule has 0 radical (unpaired) electrons. The number of halogens is 1. The van der Waals surface area contributed by atoms with Crippen LogP contribution >= 0.6 is 27.3 Å². The minimum Gasteiger partial charge on any atom is -0.487 e. The summed E-state index contributed by atoms with van der Waals surface area (Å²) in [6.45, 7) is 0.304. The second-order valence-corrected chi connectivity index (χ2v) is 11.7. The van der Waals surface area contributed by atoms with Crippen LogP contribution in [0, 0.1) is 0 Å². The summed E-state index contributed by atoms with van der Waals surface area (Å²) in [4.78, 5) is 4.67. The van der Waals surface area contributed by atoms with Gasteiger partial charge in [0.15, 0.2) is 0 Å². The fourth-order valence-electron chi connectivity index (χ4n) is 4.59. The second-order valence-electron chi connectivity index (χ2n) is 9.93. The van der Waals surface area contributed by atoms with Crippen molar-refractivity contribution in [3.05, 3.63) is 143 Å². The molecule has 220 valence electrons. The Hall–Kier alpha value is -5.39. The van der Waals surface area contributed by atoms with Crippen molar-refractivity contribution in [3.8, 4) is 39.6 Å². The zero-order valence-electron chi connectivity index (χ0n) is 23.7. The van der Waals surface area contributed by atoms with Gasteiger partial charge < -0.3 is 4.74 Å². The maximum absolute atomic E-state index is 6.00. The first-order valence-electron chi connectivity index (χ1n) is 14.0. The lowest BCUT2D eigenvalue weighted by atomic mass is 10.1. The predicted octanol–water partition coefficient (Wildman–Crippen LogP) is 8.03. The summed E-state index contributed by atoms with van der Waals surface area (Å²) in [5.41, 5.74) is 10.2. The molecule has 0 aliphatic rings. The van der Waals surface area contributed by atoms with Crippen molar-refractivity contribution in [2.45, 2.75) is 6.61 Å². The average molecular weight is 674 g/mol. The average Bonchev–Trinajstić information content (AvgIpc) is 3.86. The van der Waals surface area contributed by atoms with Gasteiger partial charge in [-0.2, -0.15) is 10.2 Å². The Morgan fingerprint density at radius 3 is 2.22 bits per heavy atom. The molecule has 3 heterocycles. The molecule has 0 aliphatic carbocycles. The van der Waals surface area contributed by atoms with E-state index in [4.69, 9.17) is 9.84 Å². The number of nitrogens with one attached hydrogen (secondary N) is 1. The molecule has 11 heteroatoms. The van der Waals surface area contributed by atoms with Gasteiger partial charge in [-0.3, -0.25) is 5.43 Å². The summed E-state index contributed by atoms with van der Waals surface area (Å²) >= 11 is 4.98. The highest BCUT2D eigenvalue weighted by atomic mass is 79.9. The third-order valence-corrected chi connectivity index (χ3v) is 8.12. The third kappa shape index (κ3) is 6.74. The summed E-state index contributed by atoms with van der Waals surface area (Å²) in [6.07, 6.45) is 5.60. The number of benzene rings is 4. The van der Waals surface area contributed by atoms with Gasteiger partial charge in [0.2, 0.25) is 5.13 Å². The molecule has 0 bridgehead atoms. The van der Waals surface area contributed by atoms with E-state index in [1.165, 1.54) is 11.3 Å². The van der Waals surface area contributed by atoms with Crippen LogP contribution in [0.3, 0.4) is 0 Å². The molecule has 45 heavy (non-hydrogen) atoms. The minimum atomic E-state index is 0.304. The van der Waals surface area contributed by atoms with Gasteiger partial charge in [0.05, 0.1) is 29.5 Å². The van der Waals surface area contributed by atoms with Gasteiger partial charge in [0, 0.05) is 32.7 Å². The molecule has 7 aromatic rings. The Kier molecular flexibility index (Phi) is 8.25. The number of hydrogen-bond donors (Lipinski definition) is 1. The van der Waals surface area contributed by atoms with Gasteiger partial charge in [-0.15, -0.1) is 16.4 Å². The molecule has 0 fully saturated rings. The zero-order chi connectivity index (χ0) is 30.4. The van der Waals surface area contributed by atoms with Crippen LogP contribution in [0.1, 0.15) is 11.3 Å². The SMILES string of the molecule is Brc1ccc(-c2csc(NN=Cc3cn(-c4ccccc4)nc3-c3ccc(OCc4cn(-c5ccccc5)nn4)cc3)n2)cc1. The molecule has 1 N–H and O–H groups in total. The number of anilines is 1. The van der Waals surface area contributed by atoms with Crippen molar-refractivity contribution in [2.75, 3.05) is 5.43 Å². The molecular weight excluding hydrogens is 648 g/mol. The van der Waals surface area contributed by atoms with Crippen LogP contribution in [0.25, 0.3) is 33.9 Å². The number of para-hydroxylation sites is 2. The molecule has 0 unspecified atom stereocenters. The Balaban J connectivity index is 1.07. The van der Waals surface area contributed by atoms with Gasteiger partial charge in [-0.1, -0.05) is 69.7 Å². The Morgan fingerprint density at radius 2 is 1.49 bits per heavy atom. The van der Waals surface area contributed by atoms with Crippen molar-refractivity contribution in [3.63, 3.8) is 0 Å². The standard InChI is InChI=1S/C34H25BrN8OS/c35-27-15-11-24(12-16-27)32-23-45-34(37-32)39-36-19-26-20-42(29-7-3-1-4-8-29)40-33(26)25-13-17-31(18-14-25)44-22-28-21-43(41-38-28)30-9-5-2-6-10-30/h1-21,23H,22H2,(H,37,39). The van der Waals surface area contributed by atoms with E-state index in [0.717, 1.165) is 55.4 Å². The number of hydrogen-bond acceptors (Lipinski definition) is 8. The summed E-state index contributed by atoms with van der Waals surface area (Å²) < 4.78 is 10.6. The molecule has 0 atom stereocenters.